The van der Waals surface area contributed by atoms with Gasteiger partial charge in [-0.1, -0.05) is 48.5 Å². The van der Waals surface area contributed by atoms with Crippen LogP contribution < -0.4 is 10.1 Å². The quantitative estimate of drug-likeness (QED) is 0.289. The highest BCUT2D eigenvalue weighted by atomic mass is 19.4. The van der Waals surface area contributed by atoms with Crippen LogP contribution in [0.4, 0.5) is 13.2 Å². The van der Waals surface area contributed by atoms with Crippen molar-refractivity contribution in [1.82, 2.24) is 10.3 Å². The normalized spacial score (nSPS) is 21.0. The summed E-state index contributed by atoms with van der Waals surface area (Å²) in [7, 11) is 0. The number of benzene rings is 2. The monoisotopic (exact) mass is 552 g/mol. The summed E-state index contributed by atoms with van der Waals surface area (Å²) >= 11 is 0. The Labute approximate surface area is 232 Å². The number of rotatable bonds is 9. The molecule has 2 aromatic carbocycles. The number of alkyl halides is 3. The van der Waals surface area contributed by atoms with Gasteiger partial charge in [0.05, 0.1) is 5.92 Å². The van der Waals surface area contributed by atoms with Crippen LogP contribution in [0, 0.1) is 5.92 Å². The van der Waals surface area contributed by atoms with E-state index < -0.39 is 18.1 Å². The fraction of sp³-hybridized carbons (Fsp3) is 0.438. The van der Waals surface area contributed by atoms with E-state index >= 15 is 0 Å². The Hall–Kier alpha value is -3.39. The van der Waals surface area contributed by atoms with E-state index in [1.807, 2.05) is 48.5 Å². The van der Waals surface area contributed by atoms with Gasteiger partial charge in [-0.2, -0.15) is 13.2 Å². The Morgan fingerprint density at radius 3 is 2.45 bits per heavy atom. The van der Waals surface area contributed by atoms with Crippen LogP contribution >= 0.6 is 0 Å². The zero-order valence-corrected chi connectivity index (χ0v) is 22.4. The maximum Gasteiger partial charge on any atom is 0.391 e. The number of hydrogen-bond donors (Lipinski definition) is 2. The Bertz CT molecular complexity index is 1300. The average Bonchev–Trinajstić information content (AvgIpc) is 2.96. The number of aromatic carboxylic acids is 1. The minimum absolute atomic E-state index is 0.0909. The highest BCUT2D eigenvalue weighted by molar-refractivity contribution is 5.85. The van der Waals surface area contributed by atoms with Crippen molar-refractivity contribution < 1.29 is 27.8 Å². The average molecular weight is 553 g/mol. The zero-order chi connectivity index (χ0) is 28.1. The van der Waals surface area contributed by atoms with Crippen molar-refractivity contribution in [1.29, 1.82) is 0 Å². The lowest BCUT2D eigenvalue weighted by molar-refractivity contribution is -0.182. The van der Waals surface area contributed by atoms with Crippen LogP contribution in [-0.4, -0.2) is 28.8 Å². The second kappa shape index (κ2) is 12.4. The van der Waals surface area contributed by atoms with Gasteiger partial charge in [-0.25, -0.2) is 9.78 Å². The van der Waals surface area contributed by atoms with Gasteiger partial charge in [0.2, 0.25) is 0 Å². The number of nitrogens with one attached hydrogen (secondary N) is 1. The summed E-state index contributed by atoms with van der Waals surface area (Å²) in [5, 5.41) is 12.9. The predicted molar refractivity (Wildman–Crippen MR) is 147 cm³/mol. The van der Waals surface area contributed by atoms with Crippen molar-refractivity contribution in [3.05, 3.63) is 94.3 Å². The smallest absolute Gasteiger partial charge is 0.391 e. The number of pyridine rings is 1. The van der Waals surface area contributed by atoms with Crippen LogP contribution in [0.1, 0.15) is 88.9 Å². The van der Waals surface area contributed by atoms with E-state index in [-0.39, 0.29) is 30.5 Å². The molecule has 5 nitrogen and oxygen atoms in total. The maximum atomic E-state index is 13.0. The minimum atomic E-state index is -4.08. The van der Waals surface area contributed by atoms with E-state index in [0.29, 0.717) is 19.4 Å². The van der Waals surface area contributed by atoms with Gasteiger partial charge >= 0.3 is 12.1 Å². The second-order valence-electron chi connectivity index (χ2n) is 10.9. The molecule has 0 spiro atoms. The topological polar surface area (TPSA) is 71.5 Å². The van der Waals surface area contributed by atoms with Gasteiger partial charge in [0.25, 0.3) is 0 Å². The molecule has 0 saturated heterocycles. The number of aryl methyl sites for hydroxylation is 1. The molecule has 8 heteroatoms. The lowest BCUT2D eigenvalue weighted by Crippen LogP contribution is -2.28. The van der Waals surface area contributed by atoms with Gasteiger partial charge in [0, 0.05) is 11.7 Å². The molecule has 212 valence electrons. The van der Waals surface area contributed by atoms with Crippen molar-refractivity contribution in [2.45, 2.75) is 76.1 Å². The first-order chi connectivity index (χ1) is 19.3. The number of hydrogen-bond acceptors (Lipinski definition) is 4. The molecule has 5 rings (SSSR count). The van der Waals surface area contributed by atoms with Crippen LogP contribution in [0.15, 0.2) is 60.7 Å². The van der Waals surface area contributed by atoms with Gasteiger partial charge in [-0.3, -0.25) is 0 Å². The van der Waals surface area contributed by atoms with Gasteiger partial charge in [0.15, 0.2) is 0 Å². The molecule has 1 atom stereocenters. The number of carbonyl (C=O) groups is 1. The molecular formula is C32H35F3N2O3. The summed E-state index contributed by atoms with van der Waals surface area (Å²) in [5.41, 5.74) is 5.27. The van der Waals surface area contributed by atoms with Crippen LogP contribution in [0.2, 0.25) is 0 Å². The number of ether oxygens (including phenoxy) is 1. The number of carboxylic acid groups (broad SMARTS) is 1. The van der Waals surface area contributed by atoms with Crippen LogP contribution in [0.25, 0.3) is 0 Å². The van der Waals surface area contributed by atoms with Crippen molar-refractivity contribution >= 4 is 5.97 Å². The number of aromatic nitrogens is 1. The van der Waals surface area contributed by atoms with E-state index in [1.165, 1.54) is 0 Å². The van der Waals surface area contributed by atoms with Gasteiger partial charge in [-0.05, 0) is 98.2 Å². The molecule has 0 aliphatic heterocycles. The van der Waals surface area contributed by atoms with Crippen LogP contribution in [0.3, 0.4) is 0 Å². The summed E-state index contributed by atoms with van der Waals surface area (Å²) in [6.45, 7) is 1.16. The Balaban J connectivity index is 1.13. The maximum absolute atomic E-state index is 13.0. The standard InChI is InChI=1S/C32H35F3N2O3/c33-32(34,35)25-14-12-23(13-15-25)22-10-8-21(9-11-22)20-40-30-7-2-1-4-24(30)18-19-36-27-5-3-6-28-26(27)16-17-29(37-28)31(38)39/h1-2,4,7-11,16-17,23,25,27,36H,3,5-6,12-15,18-20H2,(H,38,39). The number of para-hydroxylation sites is 1. The van der Waals surface area contributed by atoms with E-state index in [9.17, 15) is 23.1 Å². The molecular weight excluding hydrogens is 517 g/mol. The predicted octanol–water partition coefficient (Wildman–Crippen LogP) is 7.40. The molecule has 2 aliphatic rings. The molecule has 0 amide bonds. The third-order valence-electron chi connectivity index (χ3n) is 8.30. The number of fused-ring (bicyclic) bond motifs is 1. The number of nitrogens with zero attached hydrogens (tertiary/aromatic N) is 1. The summed E-state index contributed by atoms with van der Waals surface area (Å²) < 4.78 is 45.1. The Morgan fingerprint density at radius 1 is 0.975 bits per heavy atom. The Morgan fingerprint density at radius 2 is 1.73 bits per heavy atom. The van der Waals surface area contributed by atoms with Crippen molar-refractivity contribution in [2.75, 3.05) is 6.54 Å². The summed E-state index contributed by atoms with van der Waals surface area (Å²) in [6, 6.07) is 19.7. The molecule has 1 aromatic heterocycles. The SMILES string of the molecule is O=C(O)c1ccc2c(n1)CCCC2NCCc1ccccc1OCc1ccc(C2CCC(C(F)(F)F)CC2)cc1. The summed E-state index contributed by atoms with van der Waals surface area (Å²) in [6.07, 6.45) is 1.02. The largest absolute Gasteiger partial charge is 0.489 e. The van der Waals surface area contributed by atoms with Gasteiger partial charge in [0.1, 0.15) is 18.1 Å². The molecule has 1 saturated carbocycles. The van der Waals surface area contributed by atoms with Crippen LogP contribution in [-0.2, 0) is 19.4 Å². The molecule has 2 aliphatic carbocycles. The third kappa shape index (κ3) is 6.84. The van der Waals surface area contributed by atoms with E-state index in [2.05, 4.69) is 16.4 Å². The van der Waals surface area contributed by atoms with Crippen molar-refractivity contribution in [3.8, 4) is 5.75 Å². The van der Waals surface area contributed by atoms with E-state index in [1.54, 1.807) is 6.07 Å². The van der Waals surface area contributed by atoms with E-state index in [4.69, 9.17) is 4.74 Å². The first-order valence-corrected chi connectivity index (χ1v) is 14.1. The highest BCUT2D eigenvalue weighted by Gasteiger charge is 2.41. The van der Waals surface area contributed by atoms with Crippen molar-refractivity contribution in [2.24, 2.45) is 5.92 Å². The third-order valence-corrected chi connectivity index (χ3v) is 8.30. The fourth-order valence-corrected chi connectivity index (χ4v) is 6.02. The van der Waals surface area contributed by atoms with Gasteiger partial charge < -0.3 is 15.2 Å². The highest BCUT2D eigenvalue weighted by Crippen LogP contribution is 2.43. The molecule has 2 N–H and O–H groups in total. The number of carboxylic acids is 1. The molecule has 1 unspecified atom stereocenters. The first-order valence-electron chi connectivity index (χ1n) is 14.1. The fourth-order valence-electron chi connectivity index (χ4n) is 6.02. The minimum Gasteiger partial charge on any atom is -0.489 e. The molecule has 1 fully saturated rings. The second-order valence-corrected chi connectivity index (χ2v) is 10.9. The Kier molecular flexibility index (Phi) is 8.74. The van der Waals surface area contributed by atoms with E-state index in [0.717, 1.165) is 65.9 Å². The lowest BCUT2D eigenvalue weighted by atomic mass is 9.78. The summed E-state index contributed by atoms with van der Waals surface area (Å²) in [5.74, 6) is -1.14. The molecule has 3 aromatic rings. The zero-order valence-electron chi connectivity index (χ0n) is 22.4. The van der Waals surface area contributed by atoms with Crippen LogP contribution in [0.5, 0.6) is 5.75 Å². The first kappa shape index (κ1) is 28.1. The van der Waals surface area contributed by atoms with Gasteiger partial charge in [-0.15, -0.1) is 0 Å². The van der Waals surface area contributed by atoms with Crippen molar-refractivity contribution in [3.63, 3.8) is 0 Å². The lowest BCUT2D eigenvalue weighted by Gasteiger charge is -2.30. The molecule has 1 heterocycles. The molecule has 40 heavy (non-hydrogen) atoms. The molecule has 0 bridgehead atoms. The molecule has 0 radical (unpaired) electrons. The number of halogens is 3. The summed E-state index contributed by atoms with van der Waals surface area (Å²) in [4.78, 5) is 15.6.